The number of hydrogen-bond acceptors (Lipinski definition) is 2. The summed E-state index contributed by atoms with van der Waals surface area (Å²) in [6.45, 7) is 0. The van der Waals surface area contributed by atoms with Crippen LogP contribution in [0.1, 0.15) is 0 Å². The predicted molar refractivity (Wildman–Crippen MR) is 22.9 cm³/mol. The van der Waals surface area contributed by atoms with E-state index in [9.17, 15) is 0 Å². The second kappa shape index (κ2) is 3.50. The van der Waals surface area contributed by atoms with Gasteiger partial charge in [-0.25, -0.2) is 5.14 Å². The average Bonchev–Trinajstić information content (AvgIpc) is 0.722. The van der Waals surface area contributed by atoms with Crippen molar-refractivity contribution in [2.24, 2.45) is 5.14 Å². The maximum atomic E-state index is 8.97. The Morgan fingerprint density at radius 3 is 1.50 bits per heavy atom. The van der Waals surface area contributed by atoms with Gasteiger partial charge in [0.2, 0.25) is 0 Å². The molecule has 4 nitrogen and oxygen atoms in total. The van der Waals surface area contributed by atoms with Crippen molar-refractivity contribution in [1.29, 1.82) is 0 Å². The molecule has 0 amide bonds. The van der Waals surface area contributed by atoms with Crippen LogP contribution in [0.15, 0.2) is 0 Å². The second-order valence-corrected chi connectivity index (χ2v) is 1.54. The summed E-state index contributed by atoms with van der Waals surface area (Å²) in [5, 5.41) is 3.88. The monoisotopic (exact) mass is 137 g/mol. The van der Waals surface area contributed by atoms with E-state index in [0.717, 1.165) is 0 Å². The summed E-state index contributed by atoms with van der Waals surface area (Å²) >= 11 is 0. The third-order valence-corrected chi connectivity index (χ3v) is 0. The van der Waals surface area contributed by atoms with Gasteiger partial charge in [0.1, 0.15) is 0 Å². The number of nitrogens with two attached hydrogens (primary N) is 1. The molecule has 0 heterocycles. The van der Waals surface area contributed by atoms with E-state index >= 15 is 0 Å². The first-order valence-corrected chi connectivity index (χ1v) is 2.25. The molecule has 0 atom stereocenters. The Morgan fingerprint density at radius 1 is 1.50 bits per heavy atom. The van der Waals surface area contributed by atoms with E-state index in [-0.39, 0.29) is 51.4 Å². The molecular weight excluding hydrogens is 133 g/mol. The summed E-state index contributed by atoms with van der Waals surface area (Å²) in [5.41, 5.74) is 0. The first kappa shape index (κ1) is 10.5. The standard InChI is InChI=1S/K.H3NO3S.H/c;1-5(2,3)4;/h;(H3,1,2,3,4);. The summed E-state index contributed by atoms with van der Waals surface area (Å²) in [5.74, 6) is 0. The molecule has 0 saturated carbocycles. The van der Waals surface area contributed by atoms with Crippen molar-refractivity contribution in [2.75, 3.05) is 0 Å². The van der Waals surface area contributed by atoms with Crippen molar-refractivity contribution >= 4 is 61.7 Å². The van der Waals surface area contributed by atoms with Crippen LogP contribution in [0.4, 0.5) is 0 Å². The van der Waals surface area contributed by atoms with Gasteiger partial charge >= 0.3 is 61.7 Å². The van der Waals surface area contributed by atoms with Gasteiger partial charge in [0.25, 0.3) is 0 Å². The second-order valence-electron chi connectivity index (χ2n) is 0.515. The molecule has 34 valence electrons. The van der Waals surface area contributed by atoms with E-state index in [4.69, 9.17) is 13.0 Å². The van der Waals surface area contributed by atoms with Crippen LogP contribution in [0, 0.1) is 0 Å². The van der Waals surface area contributed by atoms with Gasteiger partial charge < -0.3 is 0 Å². The van der Waals surface area contributed by atoms with Crippen molar-refractivity contribution in [2.45, 2.75) is 0 Å². The zero-order valence-electron chi connectivity index (χ0n) is 2.25. The van der Waals surface area contributed by atoms with Crippen LogP contribution in [-0.2, 0) is 10.3 Å². The number of rotatable bonds is 0. The van der Waals surface area contributed by atoms with E-state index in [2.05, 4.69) is 5.14 Å². The van der Waals surface area contributed by atoms with Gasteiger partial charge in [0.15, 0.2) is 0 Å². The van der Waals surface area contributed by atoms with Crippen molar-refractivity contribution in [3.8, 4) is 0 Å². The van der Waals surface area contributed by atoms with Crippen LogP contribution in [-0.4, -0.2) is 64.4 Å². The van der Waals surface area contributed by atoms with Crippen LogP contribution in [0.25, 0.3) is 0 Å². The average molecular weight is 137 g/mol. The molecular formula is H4KNO3S. The molecule has 0 aromatic carbocycles. The van der Waals surface area contributed by atoms with Crippen LogP contribution in [0.2, 0.25) is 0 Å². The molecule has 0 aromatic heterocycles. The topological polar surface area (TPSA) is 80.4 Å². The zero-order valence-corrected chi connectivity index (χ0v) is 3.07. The minimum absolute atomic E-state index is 0. The van der Waals surface area contributed by atoms with Crippen molar-refractivity contribution < 1.29 is 13.0 Å². The molecule has 0 radical (unpaired) electrons. The molecule has 0 saturated heterocycles. The van der Waals surface area contributed by atoms with Gasteiger partial charge in [-0.15, -0.1) is 0 Å². The summed E-state index contributed by atoms with van der Waals surface area (Å²) in [6, 6.07) is 0. The Labute approximate surface area is 78.4 Å². The van der Waals surface area contributed by atoms with Gasteiger partial charge in [0, 0.05) is 0 Å². The molecule has 6 heteroatoms. The Morgan fingerprint density at radius 2 is 1.50 bits per heavy atom. The molecule has 3 N–H and O–H groups in total. The van der Waals surface area contributed by atoms with Crippen molar-refractivity contribution in [1.82, 2.24) is 0 Å². The Hall–Kier alpha value is 1.51. The molecule has 0 rings (SSSR count). The Balaban J connectivity index is 0. The van der Waals surface area contributed by atoms with E-state index in [1.54, 1.807) is 0 Å². The van der Waals surface area contributed by atoms with Crippen LogP contribution in [0.3, 0.4) is 0 Å². The molecule has 0 aromatic rings. The quantitative estimate of drug-likeness (QED) is 0.302. The van der Waals surface area contributed by atoms with Crippen LogP contribution < -0.4 is 5.14 Å². The fourth-order valence-corrected chi connectivity index (χ4v) is 0. The molecule has 0 bridgehead atoms. The van der Waals surface area contributed by atoms with Gasteiger partial charge in [-0.1, -0.05) is 0 Å². The van der Waals surface area contributed by atoms with E-state index in [1.807, 2.05) is 0 Å². The molecule has 0 aliphatic rings. The predicted octanol–water partition coefficient (Wildman–Crippen LogP) is -1.90. The van der Waals surface area contributed by atoms with Crippen molar-refractivity contribution in [3.63, 3.8) is 0 Å². The summed E-state index contributed by atoms with van der Waals surface area (Å²) < 4.78 is 25.2. The third kappa shape index (κ3) is 49.3. The van der Waals surface area contributed by atoms with Crippen LogP contribution >= 0.6 is 0 Å². The Bertz CT molecular complexity index is 94.0. The summed E-state index contributed by atoms with van der Waals surface area (Å²) in [7, 11) is -4.17. The fourth-order valence-electron chi connectivity index (χ4n) is 0. The SMILES string of the molecule is NS(=O)(=O)O.[KH]. The first-order chi connectivity index (χ1) is 2.00. The van der Waals surface area contributed by atoms with Gasteiger partial charge in [-0.2, -0.15) is 8.42 Å². The van der Waals surface area contributed by atoms with Crippen LogP contribution in [0.5, 0.6) is 0 Å². The Kier molecular flexibility index (Phi) is 6.12. The van der Waals surface area contributed by atoms with Gasteiger partial charge in [-0.3, -0.25) is 4.55 Å². The number of hydrogen-bond donors (Lipinski definition) is 2. The van der Waals surface area contributed by atoms with E-state index in [0.29, 0.717) is 0 Å². The third-order valence-electron chi connectivity index (χ3n) is 0. The van der Waals surface area contributed by atoms with Crippen molar-refractivity contribution in [3.05, 3.63) is 0 Å². The molecule has 0 fully saturated rings. The maximum absolute atomic E-state index is 8.97. The zero-order chi connectivity index (χ0) is 4.50. The molecule has 0 aliphatic heterocycles. The molecule has 0 spiro atoms. The van der Waals surface area contributed by atoms with E-state index < -0.39 is 10.3 Å². The van der Waals surface area contributed by atoms with Gasteiger partial charge in [-0.05, 0) is 0 Å². The fraction of sp³-hybridized carbons (Fsp3) is 0. The minimum atomic E-state index is -4.17. The van der Waals surface area contributed by atoms with Gasteiger partial charge in [0.05, 0.1) is 0 Å². The first-order valence-electron chi connectivity index (χ1n) is 0.752. The molecule has 6 heavy (non-hydrogen) atoms. The summed E-state index contributed by atoms with van der Waals surface area (Å²) in [4.78, 5) is 0. The molecule has 0 unspecified atom stereocenters. The molecule has 0 aliphatic carbocycles. The normalized spacial score (nSPS) is 9.67. The van der Waals surface area contributed by atoms with E-state index in [1.165, 1.54) is 0 Å². The summed E-state index contributed by atoms with van der Waals surface area (Å²) in [6.07, 6.45) is 0.